The molecule has 2 heterocycles. The van der Waals surface area contributed by atoms with E-state index < -0.39 is 16.1 Å². The lowest BCUT2D eigenvalue weighted by atomic mass is 10.1. The number of hydrogen-bond acceptors (Lipinski definition) is 7. The number of nitrogens with one attached hydrogen (secondary N) is 3. The Hall–Kier alpha value is -3.18. The van der Waals surface area contributed by atoms with Crippen LogP contribution in [0, 0.1) is 0 Å². The maximum absolute atomic E-state index is 11.7. The molecule has 12 heteroatoms. The molecule has 3 N–H and O–H groups in total. The van der Waals surface area contributed by atoms with E-state index in [0.717, 1.165) is 24.9 Å². The van der Waals surface area contributed by atoms with Crippen LogP contribution in [0.2, 0.25) is 5.02 Å². The molecule has 1 aromatic carbocycles. The fourth-order valence-corrected chi connectivity index (χ4v) is 4.45. The van der Waals surface area contributed by atoms with E-state index in [1.54, 1.807) is 30.5 Å². The molecular formula is C23H27ClN6O4S. The first-order chi connectivity index (χ1) is 16.6. The smallest absolute Gasteiger partial charge is 0.407 e. The summed E-state index contributed by atoms with van der Waals surface area (Å²) in [5, 5.41) is 3.11. The number of aryl methyl sites for hydroxylation is 1. The average Bonchev–Trinajstić information content (AvgIpc) is 3.54. The van der Waals surface area contributed by atoms with E-state index in [1.807, 2.05) is 6.92 Å². The molecule has 1 fully saturated rings. The molecule has 1 amide bonds. The number of aromatic amines is 1. The molecule has 0 aliphatic heterocycles. The second-order valence-corrected chi connectivity index (χ2v) is 10.8. The number of anilines is 1. The molecule has 3 aromatic rings. The number of methoxy groups -OCH3 is 1. The quantitative estimate of drug-likeness (QED) is 0.387. The van der Waals surface area contributed by atoms with Gasteiger partial charge in [-0.05, 0) is 50.5 Å². The van der Waals surface area contributed by atoms with Gasteiger partial charge < -0.3 is 15.0 Å². The van der Waals surface area contributed by atoms with Crippen molar-refractivity contribution in [1.29, 1.82) is 0 Å². The van der Waals surface area contributed by atoms with Crippen LogP contribution in [0.4, 0.5) is 10.5 Å². The Morgan fingerprint density at radius 1 is 1.29 bits per heavy atom. The van der Waals surface area contributed by atoms with Gasteiger partial charge in [0.15, 0.2) is 0 Å². The van der Waals surface area contributed by atoms with Gasteiger partial charge in [-0.2, -0.15) is 0 Å². The van der Waals surface area contributed by atoms with Crippen LogP contribution in [-0.4, -0.2) is 53.9 Å². The summed E-state index contributed by atoms with van der Waals surface area (Å²) in [5.74, 6) is 1.85. The minimum atomic E-state index is -3.47. The van der Waals surface area contributed by atoms with Crippen LogP contribution in [-0.2, 0) is 21.2 Å². The van der Waals surface area contributed by atoms with Gasteiger partial charge in [-0.25, -0.2) is 28.2 Å². The first kappa shape index (κ1) is 24.9. The van der Waals surface area contributed by atoms with E-state index in [0.29, 0.717) is 57.9 Å². The number of alkyl carbamates (subject to hydrolysis) is 1. The first-order valence-electron chi connectivity index (χ1n) is 11.2. The summed E-state index contributed by atoms with van der Waals surface area (Å²) in [6.07, 6.45) is 5.60. The highest BCUT2D eigenvalue weighted by Crippen LogP contribution is 2.42. The van der Waals surface area contributed by atoms with Crippen LogP contribution in [0.15, 0.2) is 30.5 Å². The van der Waals surface area contributed by atoms with Crippen LogP contribution in [0.3, 0.4) is 0 Å². The summed E-state index contributed by atoms with van der Waals surface area (Å²) < 4.78 is 30.6. The molecule has 0 unspecified atom stereocenters. The summed E-state index contributed by atoms with van der Waals surface area (Å²) >= 11 is 6.31. The van der Waals surface area contributed by atoms with Gasteiger partial charge in [0.2, 0.25) is 10.0 Å². The average molecular weight is 519 g/mol. The van der Waals surface area contributed by atoms with Crippen molar-refractivity contribution in [2.24, 2.45) is 0 Å². The van der Waals surface area contributed by atoms with E-state index in [4.69, 9.17) is 21.6 Å². The molecule has 1 saturated carbocycles. The second-order valence-electron chi connectivity index (χ2n) is 8.66. The van der Waals surface area contributed by atoms with Crippen molar-refractivity contribution in [3.8, 4) is 22.6 Å². The summed E-state index contributed by atoms with van der Waals surface area (Å²) in [4.78, 5) is 28.8. The highest BCUT2D eigenvalue weighted by Gasteiger charge is 2.29. The Morgan fingerprint density at radius 3 is 2.74 bits per heavy atom. The van der Waals surface area contributed by atoms with Crippen molar-refractivity contribution in [3.05, 3.63) is 47.1 Å². The topological polar surface area (TPSA) is 139 Å². The number of imidazole rings is 1. The van der Waals surface area contributed by atoms with E-state index in [2.05, 4.69) is 24.7 Å². The van der Waals surface area contributed by atoms with E-state index in [-0.39, 0.29) is 6.04 Å². The van der Waals surface area contributed by atoms with Crippen LogP contribution in [0.25, 0.3) is 22.6 Å². The Kier molecular flexibility index (Phi) is 7.27. The van der Waals surface area contributed by atoms with Crippen LogP contribution < -0.4 is 10.0 Å². The largest absolute Gasteiger partial charge is 0.453 e. The second kappa shape index (κ2) is 10.2. The fourth-order valence-electron chi connectivity index (χ4n) is 3.67. The molecule has 1 aliphatic rings. The Morgan fingerprint density at radius 2 is 2.06 bits per heavy atom. The van der Waals surface area contributed by atoms with Crippen LogP contribution >= 0.6 is 11.6 Å². The summed E-state index contributed by atoms with van der Waals surface area (Å²) in [7, 11) is -2.15. The number of benzene rings is 1. The predicted octanol–water partition coefficient (Wildman–Crippen LogP) is 4.11. The van der Waals surface area contributed by atoms with Crippen molar-refractivity contribution in [1.82, 2.24) is 25.3 Å². The lowest BCUT2D eigenvalue weighted by Gasteiger charge is -2.12. The summed E-state index contributed by atoms with van der Waals surface area (Å²) in [5.41, 5.74) is 3.03. The van der Waals surface area contributed by atoms with Gasteiger partial charge in [0, 0.05) is 35.2 Å². The number of hydrogen-bond donors (Lipinski definition) is 3. The first-order valence-corrected chi connectivity index (χ1v) is 13.4. The third-order valence-corrected chi connectivity index (χ3v) is 6.30. The Labute approximate surface area is 208 Å². The molecular weight excluding hydrogens is 492 g/mol. The van der Waals surface area contributed by atoms with Crippen molar-refractivity contribution in [2.75, 3.05) is 18.1 Å². The highest BCUT2D eigenvalue weighted by molar-refractivity contribution is 7.92. The number of aromatic nitrogens is 4. The zero-order valence-electron chi connectivity index (χ0n) is 19.6. The monoisotopic (exact) mass is 518 g/mol. The SMILES string of the molecule is COC(=O)N[C@@H](C)CCc1nccc(-c2[nH]c(C3CC3)nc2-c2cc(Cl)cc(NS(C)(=O)=O)c2)n1. The third-order valence-electron chi connectivity index (χ3n) is 5.47. The van der Waals surface area contributed by atoms with E-state index in [9.17, 15) is 13.2 Å². The lowest BCUT2D eigenvalue weighted by molar-refractivity contribution is 0.167. The van der Waals surface area contributed by atoms with Gasteiger partial charge in [0.05, 0.1) is 36.1 Å². The maximum atomic E-state index is 11.7. The molecule has 0 radical (unpaired) electrons. The molecule has 10 nitrogen and oxygen atoms in total. The van der Waals surface area contributed by atoms with Crippen LogP contribution in [0.1, 0.15) is 43.8 Å². The molecule has 2 aromatic heterocycles. The Balaban J connectivity index is 1.65. The van der Waals surface area contributed by atoms with Gasteiger partial charge in [-0.1, -0.05) is 11.6 Å². The predicted molar refractivity (Wildman–Crippen MR) is 134 cm³/mol. The van der Waals surface area contributed by atoms with Crippen molar-refractivity contribution in [3.63, 3.8) is 0 Å². The molecule has 186 valence electrons. The number of nitrogens with zero attached hydrogens (tertiary/aromatic N) is 3. The number of ether oxygens (including phenoxy) is 1. The van der Waals surface area contributed by atoms with Crippen molar-refractivity contribution in [2.45, 2.75) is 44.6 Å². The number of rotatable bonds is 9. The van der Waals surface area contributed by atoms with Crippen molar-refractivity contribution >= 4 is 33.4 Å². The van der Waals surface area contributed by atoms with Crippen LogP contribution in [0.5, 0.6) is 0 Å². The van der Waals surface area contributed by atoms with E-state index in [1.165, 1.54) is 7.11 Å². The van der Waals surface area contributed by atoms with Gasteiger partial charge in [-0.15, -0.1) is 0 Å². The molecule has 35 heavy (non-hydrogen) atoms. The van der Waals surface area contributed by atoms with Gasteiger partial charge >= 0.3 is 6.09 Å². The summed E-state index contributed by atoms with van der Waals surface area (Å²) in [6.45, 7) is 1.89. The standard InChI is InChI=1S/C23H27ClN6O4S/c1-13(26-23(31)34-2)4-7-19-25-9-8-18(27-19)21-20(28-22(29-21)14-5-6-14)15-10-16(24)12-17(11-15)30-35(3,32)33/h8-14,30H,4-7H2,1-3H3,(H,26,31)(H,28,29)/t13-/m0/s1. The molecule has 1 aliphatic carbocycles. The summed E-state index contributed by atoms with van der Waals surface area (Å²) in [6, 6.07) is 6.69. The number of sulfonamides is 1. The minimum Gasteiger partial charge on any atom is -0.453 e. The maximum Gasteiger partial charge on any atom is 0.407 e. The molecule has 4 rings (SSSR count). The zero-order valence-corrected chi connectivity index (χ0v) is 21.2. The number of carbonyl (C=O) groups is 1. The zero-order chi connectivity index (χ0) is 25.2. The number of carbonyl (C=O) groups excluding carboxylic acids is 1. The number of halogens is 1. The third kappa shape index (κ3) is 6.70. The molecule has 0 spiro atoms. The number of H-pyrrole nitrogens is 1. The van der Waals surface area contributed by atoms with Gasteiger partial charge in [0.1, 0.15) is 11.6 Å². The molecule has 0 saturated heterocycles. The van der Waals surface area contributed by atoms with Gasteiger partial charge in [-0.3, -0.25) is 4.72 Å². The minimum absolute atomic E-state index is 0.105. The fraction of sp³-hybridized carbons (Fsp3) is 0.391. The van der Waals surface area contributed by atoms with Gasteiger partial charge in [0.25, 0.3) is 0 Å². The van der Waals surface area contributed by atoms with E-state index >= 15 is 0 Å². The normalized spacial score (nSPS) is 14.4. The molecule has 0 bridgehead atoms. The van der Waals surface area contributed by atoms with Crippen molar-refractivity contribution < 1.29 is 17.9 Å². The highest BCUT2D eigenvalue weighted by atomic mass is 35.5. The molecule has 1 atom stereocenters. The lowest BCUT2D eigenvalue weighted by Crippen LogP contribution is -2.32. The number of amides is 1. The Bertz CT molecular complexity index is 1340.